The van der Waals surface area contributed by atoms with E-state index < -0.39 is 17.7 Å². The van der Waals surface area contributed by atoms with Crippen LogP contribution in [-0.4, -0.2) is 52.3 Å². The number of allylic oxidation sites excluding steroid dienone is 3. The first kappa shape index (κ1) is 25.6. The summed E-state index contributed by atoms with van der Waals surface area (Å²) in [4.78, 5) is 16.8. The summed E-state index contributed by atoms with van der Waals surface area (Å²) in [7, 11) is 1.99. The van der Waals surface area contributed by atoms with Crippen molar-refractivity contribution in [2.75, 3.05) is 30.4 Å². The van der Waals surface area contributed by atoms with E-state index >= 15 is 0 Å². The molecule has 37 heavy (non-hydrogen) atoms. The van der Waals surface area contributed by atoms with Crippen molar-refractivity contribution in [3.63, 3.8) is 0 Å². The number of aryl methyl sites for hydroxylation is 1. The Bertz CT molecular complexity index is 1290. The monoisotopic (exact) mass is 529 g/mol. The van der Waals surface area contributed by atoms with Gasteiger partial charge in [-0.1, -0.05) is 19.1 Å². The molecular weight excluding hydrogens is 499 g/mol. The van der Waals surface area contributed by atoms with Gasteiger partial charge in [-0.2, -0.15) is 13.2 Å². The van der Waals surface area contributed by atoms with Crippen molar-refractivity contribution >= 4 is 40.2 Å². The van der Waals surface area contributed by atoms with E-state index in [0.717, 1.165) is 54.3 Å². The van der Waals surface area contributed by atoms with Gasteiger partial charge in [-0.05, 0) is 57.4 Å². The van der Waals surface area contributed by atoms with E-state index in [9.17, 15) is 13.2 Å². The molecule has 7 nitrogen and oxygen atoms in total. The van der Waals surface area contributed by atoms with Crippen LogP contribution < -0.4 is 20.9 Å². The van der Waals surface area contributed by atoms with Gasteiger partial charge in [-0.25, -0.2) is 15.0 Å². The Balaban J connectivity index is 1.44. The maximum atomic E-state index is 13.6. The molecule has 2 aliphatic heterocycles. The van der Waals surface area contributed by atoms with Gasteiger partial charge in [0.05, 0.1) is 22.1 Å². The number of nitrogens with zero attached hydrogens (tertiary/aromatic N) is 4. The van der Waals surface area contributed by atoms with Gasteiger partial charge in [-0.15, -0.1) is 0 Å². The van der Waals surface area contributed by atoms with E-state index in [1.165, 1.54) is 6.08 Å². The summed E-state index contributed by atoms with van der Waals surface area (Å²) in [6, 6.07) is 4.41. The number of alkyl halides is 3. The van der Waals surface area contributed by atoms with Gasteiger partial charge in [0.25, 0.3) is 0 Å². The minimum absolute atomic E-state index is 0.207. The SMILES string of the molecule is CNC1CCCN(c2ccc(Nc3ncc4c(n3)C3=C(C=C(C(F)(F)F)C(C)C3)NC(=S)C4)c(C)n2)C1. The molecule has 11 heteroatoms. The van der Waals surface area contributed by atoms with Gasteiger partial charge >= 0.3 is 6.18 Å². The number of fused-ring (bicyclic) bond motifs is 2. The van der Waals surface area contributed by atoms with Crippen molar-refractivity contribution in [2.24, 2.45) is 5.92 Å². The molecule has 1 saturated heterocycles. The summed E-state index contributed by atoms with van der Waals surface area (Å²) >= 11 is 5.39. The van der Waals surface area contributed by atoms with Crippen LogP contribution in [0.4, 0.5) is 30.6 Å². The van der Waals surface area contributed by atoms with Crippen LogP contribution in [0.5, 0.6) is 0 Å². The quantitative estimate of drug-likeness (QED) is 0.487. The Morgan fingerprint density at radius 3 is 2.76 bits per heavy atom. The third-order valence-corrected chi connectivity index (χ3v) is 7.49. The fourth-order valence-corrected chi connectivity index (χ4v) is 5.50. The molecule has 0 radical (unpaired) electrons. The van der Waals surface area contributed by atoms with Crippen molar-refractivity contribution in [1.82, 2.24) is 25.6 Å². The van der Waals surface area contributed by atoms with Crippen molar-refractivity contribution in [3.8, 4) is 0 Å². The van der Waals surface area contributed by atoms with Crippen LogP contribution in [0, 0.1) is 12.8 Å². The molecule has 1 aliphatic carbocycles. The topological polar surface area (TPSA) is 78.0 Å². The minimum atomic E-state index is -4.40. The Morgan fingerprint density at radius 1 is 1.22 bits per heavy atom. The van der Waals surface area contributed by atoms with Crippen LogP contribution in [0.2, 0.25) is 0 Å². The summed E-state index contributed by atoms with van der Waals surface area (Å²) in [5, 5.41) is 9.61. The zero-order valence-corrected chi connectivity index (χ0v) is 21.9. The lowest BCUT2D eigenvalue weighted by atomic mass is 9.84. The normalized spacial score (nSPS) is 22.1. The first-order valence-electron chi connectivity index (χ1n) is 12.5. The largest absolute Gasteiger partial charge is 0.413 e. The minimum Gasteiger partial charge on any atom is -0.355 e. The summed E-state index contributed by atoms with van der Waals surface area (Å²) in [5.74, 6) is 0.606. The summed E-state index contributed by atoms with van der Waals surface area (Å²) in [5.41, 5.74) is 3.52. The van der Waals surface area contributed by atoms with Crippen LogP contribution in [0.3, 0.4) is 0 Å². The van der Waals surface area contributed by atoms with E-state index in [-0.39, 0.29) is 6.42 Å². The van der Waals surface area contributed by atoms with E-state index in [1.54, 1.807) is 13.1 Å². The lowest BCUT2D eigenvalue weighted by Gasteiger charge is -2.33. The fraction of sp³-hybridized carbons (Fsp3) is 0.462. The average Bonchev–Trinajstić information content (AvgIpc) is 2.99. The van der Waals surface area contributed by atoms with Crippen LogP contribution in [0.15, 0.2) is 35.7 Å². The van der Waals surface area contributed by atoms with Gasteiger partial charge in [0, 0.05) is 54.2 Å². The lowest BCUT2D eigenvalue weighted by molar-refractivity contribution is -0.0984. The number of rotatable bonds is 4. The second kappa shape index (κ2) is 10.0. The number of pyridine rings is 1. The summed E-state index contributed by atoms with van der Waals surface area (Å²) in [6.45, 7) is 5.41. The second-order valence-electron chi connectivity index (χ2n) is 9.89. The highest BCUT2D eigenvalue weighted by Crippen LogP contribution is 2.42. The number of nitrogens with one attached hydrogen (secondary N) is 3. The molecular formula is C26H30F3N7S. The molecule has 3 N–H and O–H groups in total. The highest BCUT2D eigenvalue weighted by molar-refractivity contribution is 7.80. The average molecular weight is 530 g/mol. The van der Waals surface area contributed by atoms with Crippen LogP contribution >= 0.6 is 12.2 Å². The zero-order valence-electron chi connectivity index (χ0n) is 21.0. The number of anilines is 3. The molecule has 2 aromatic heterocycles. The predicted molar refractivity (Wildman–Crippen MR) is 143 cm³/mol. The molecule has 2 unspecified atom stereocenters. The molecule has 4 heterocycles. The first-order valence-corrected chi connectivity index (χ1v) is 12.9. The Hall–Kier alpha value is -3.05. The molecule has 0 saturated carbocycles. The van der Waals surface area contributed by atoms with Gasteiger partial charge < -0.3 is 20.9 Å². The third-order valence-electron chi connectivity index (χ3n) is 7.24. The molecule has 0 bridgehead atoms. The van der Waals surface area contributed by atoms with Gasteiger partial charge in [0.1, 0.15) is 5.82 Å². The summed E-state index contributed by atoms with van der Waals surface area (Å²) < 4.78 is 40.7. The van der Waals surface area contributed by atoms with Gasteiger partial charge in [0.2, 0.25) is 5.95 Å². The van der Waals surface area contributed by atoms with Gasteiger partial charge in [-0.3, -0.25) is 0 Å². The Morgan fingerprint density at radius 2 is 2.03 bits per heavy atom. The lowest BCUT2D eigenvalue weighted by Crippen LogP contribution is -2.44. The van der Waals surface area contributed by atoms with Crippen LogP contribution in [-0.2, 0) is 6.42 Å². The molecule has 5 rings (SSSR count). The molecule has 1 fully saturated rings. The molecule has 2 aromatic rings. The number of hydrogen-bond donors (Lipinski definition) is 3. The molecule has 196 valence electrons. The fourth-order valence-electron chi connectivity index (χ4n) is 5.23. The van der Waals surface area contributed by atoms with Crippen molar-refractivity contribution in [3.05, 3.63) is 52.6 Å². The van der Waals surface area contributed by atoms with Crippen LogP contribution in [0.25, 0.3) is 5.57 Å². The second-order valence-corrected chi connectivity index (χ2v) is 10.4. The van der Waals surface area contributed by atoms with E-state index in [4.69, 9.17) is 22.2 Å². The van der Waals surface area contributed by atoms with E-state index in [0.29, 0.717) is 34.8 Å². The van der Waals surface area contributed by atoms with E-state index in [1.807, 2.05) is 26.1 Å². The Labute approximate surface area is 219 Å². The molecule has 3 aliphatic rings. The maximum absolute atomic E-state index is 13.6. The maximum Gasteiger partial charge on any atom is 0.413 e. The van der Waals surface area contributed by atoms with Gasteiger partial charge in [0.15, 0.2) is 0 Å². The predicted octanol–water partition coefficient (Wildman–Crippen LogP) is 4.82. The highest BCUT2D eigenvalue weighted by Gasteiger charge is 2.40. The Kier molecular flexibility index (Phi) is 6.93. The number of hydrogen-bond acceptors (Lipinski definition) is 7. The number of piperidine rings is 1. The van der Waals surface area contributed by atoms with Crippen molar-refractivity contribution in [1.29, 1.82) is 0 Å². The first-order chi connectivity index (χ1) is 17.6. The number of aromatic nitrogens is 3. The zero-order chi connectivity index (χ0) is 26.3. The number of halogens is 3. The van der Waals surface area contributed by atoms with Crippen molar-refractivity contribution < 1.29 is 13.2 Å². The molecule has 0 spiro atoms. The molecule has 2 atom stereocenters. The molecule has 0 amide bonds. The standard InChI is InChI=1S/C26H30F3N7S/c1-14-9-18-21(11-19(14)26(27,28)29)33-23(37)10-16-12-31-25(35-24(16)18)34-20-6-7-22(32-15(20)2)36-8-4-5-17(13-36)30-3/h6-7,11-12,14,17,30H,4-5,8-10,13H2,1-3H3,(H,33,37)(H,31,34,35). The smallest absolute Gasteiger partial charge is 0.355 e. The number of likely N-dealkylation sites (N-methyl/N-ethyl adjacent to an activating group) is 1. The highest BCUT2D eigenvalue weighted by atomic mass is 32.1. The van der Waals surface area contributed by atoms with Crippen molar-refractivity contribution in [2.45, 2.75) is 51.7 Å². The third kappa shape index (κ3) is 5.33. The summed E-state index contributed by atoms with van der Waals surface area (Å²) in [6.07, 6.45) is 1.32. The van der Waals surface area contributed by atoms with Crippen LogP contribution in [0.1, 0.15) is 43.1 Å². The van der Waals surface area contributed by atoms with E-state index in [2.05, 4.69) is 25.8 Å². The molecule has 0 aromatic carbocycles. The number of thiocarbonyl (C=S) groups is 1.